The van der Waals surface area contributed by atoms with Crippen LogP contribution in [-0.4, -0.2) is 16.8 Å². The Morgan fingerprint density at radius 1 is 1.10 bits per heavy atom. The van der Waals surface area contributed by atoms with Crippen molar-refractivity contribution in [2.24, 2.45) is 0 Å². The van der Waals surface area contributed by atoms with Gasteiger partial charge in [-0.2, -0.15) is 11.8 Å². The fourth-order valence-corrected chi connectivity index (χ4v) is 3.53. The molecule has 110 valence electrons. The van der Waals surface area contributed by atoms with E-state index in [0.717, 1.165) is 11.3 Å². The van der Waals surface area contributed by atoms with Crippen LogP contribution in [-0.2, 0) is 10.5 Å². The molecule has 0 heterocycles. The minimum absolute atomic E-state index is 0.442. The Labute approximate surface area is 130 Å². The summed E-state index contributed by atoms with van der Waals surface area (Å²) in [7, 11) is 0. The first-order valence-electron chi connectivity index (χ1n) is 6.99. The molecule has 2 aromatic rings. The van der Waals surface area contributed by atoms with Gasteiger partial charge in [-0.05, 0) is 25.0 Å². The third kappa shape index (κ3) is 4.64. The normalized spacial score (nSPS) is 12.1. The summed E-state index contributed by atoms with van der Waals surface area (Å²) in [6.45, 7) is 4.18. The number of carboxylic acids is 1. The number of aliphatic carboxylic acids is 1. The van der Waals surface area contributed by atoms with Gasteiger partial charge in [0, 0.05) is 11.5 Å². The summed E-state index contributed by atoms with van der Waals surface area (Å²) in [4.78, 5) is 11.4. The second-order valence-electron chi connectivity index (χ2n) is 5.31. The Morgan fingerprint density at radius 3 is 2.29 bits per heavy atom. The van der Waals surface area contributed by atoms with Gasteiger partial charge in [-0.3, -0.25) is 4.79 Å². The van der Waals surface area contributed by atoms with Crippen molar-refractivity contribution < 1.29 is 9.90 Å². The number of aryl methyl sites for hydroxylation is 2. The summed E-state index contributed by atoms with van der Waals surface area (Å²) in [5.41, 5.74) is 4.64. The van der Waals surface area contributed by atoms with Gasteiger partial charge in [-0.15, -0.1) is 0 Å². The summed E-state index contributed by atoms with van der Waals surface area (Å²) < 4.78 is 0. The van der Waals surface area contributed by atoms with Crippen LogP contribution in [0.3, 0.4) is 0 Å². The minimum Gasteiger partial charge on any atom is -0.481 e. The fourth-order valence-electron chi connectivity index (χ4n) is 2.44. The molecular formula is C18H20O2S. The van der Waals surface area contributed by atoms with Crippen LogP contribution >= 0.6 is 11.8 Å². The highest BCUT2D eigenvalue weighted by Gasteiger charge is 2.19. The van der Waals surface area contributed by atoms with Crippen molar-refractivity contribution in [2.75, 3.05) is 5.75 Å². The predicted molar refractivity (Wildman–Crippen MR) is 88.9 cm³/mol. The number of carbonyl (C=O) groups is 1. The molecule has 1 atom stereocenters. The van der Waals surface area contributed by atoms with Gasteiger partial charge in [0.25, 0.3) is 0 Å². The van der Waals surface area contributed by atoms with E-state index < -0.39 is 11.9 Å². The van der Waals surface area contributed by atoms with E-state index in [-0.39, 0.29) is 0 Å². The average Bonchev–Trinajstić information content (AvgIpc) is 2.43. The van der Waals surface area contributed by atoms with Crippen molar-refractivity contribution in [3.63, 3.8) is 0 Å². The second kappa shape index (κ2) is 7.32. The highest BCUT2D eigenvalue weighted by Crippen LogP contribution is 2.24. The molecule has 0 aliphatic carbocycles. The number of thioether (sulfide) groups is 1. The van der Waals surface area contributed by atoms with Crippen LogP contribution in [0.25, 0.3) is 0 Å². The smallest absolute Gasteiger partial charge is 0.311 e. The van der Waals surface area contributed by atoms with Crippen molar-refractivity contribution in [3.05, 3.63) is 70.8 Å². The van der Waals surface area contributed by atoms with Crippen molar-refractivity contribution >= 4 is 17.7 Å². The molecule has 0 saturated carbocycles. The van der Waals surface area contributed by atoms with E-state index in [0.29, 0.717) is 5.75 Å². The van der Waals surface area contributed by atoms with Crippen LogP contribution < -0.4 is 0 Å². The Bertz CT molecular complexity index is 588. The summed E-state index contributed by atoms with van der Waals surface area (Å²) in [6.07, 6.45) is 0. The Hall–Kier alpha value is -1.74. The van der Waals surface area contributed by atoms with E-state index in [2.05, 4.69) is 32.0 Å². The van der Waals surface area contributed by atoms with Crippen LogP contribution in [0, 0.1) is 13.8 Å². The number of carboxylic acid groups (broad SMARTS) is 1. The molecule has 2 rings (SSSR count). The monoisotopic (exact) mass is 300 g/mol. The molecule has 0 aromatic heterocycles. The lowest BCUT2D eigenvalue weighted by Crippen LogP contribution is -2.14. The Kier molecular flexibility index (Phi) is 5.45. The van der Waals surface area contributed by atoms with Crippen molar-refractivity contribution in [2.45, 2.75) is 25.5 Å². The van der Waals surface area contributed by atoms with Gasteiger partial charge in [0.2, 0.25) is 0 Å². The molecule has 0 saturated heterocycles. The molecule has 1 unspecified atom stereocenters. The van der Waals surface area contributed by atoms with Gasteiger partial charge in [-0.1, -0.05) is 59.7 Å². The fraction of sp³-hybridized carbons (Fsp3) is 0.278. The molecular weight excluding hydrogens is 280 g/mol. The summed E-state index contributed by atoms with van der Waals surface area (Å²) in [6, 6.07) is 15.9. The Morgan fingerprint density at radius 2 is 1.71 bits per heavy atom. The molecule has 0 radical (unpaired) electrons. The highest BCUT2D eigenvalue weighted by atomic mass is 32.2. The van der Waals surface area contributed by atoms with Crippen LogP contribution in [0.2, 0.25) is 0 Å². The average molecular weight is 300 g/mol. The maximum atomic E-state index is 11.4. The largest absolute Gasteiger partial charge is 0.481 e. The minimum atomic E-state index is -0.755. The molecule has 21 heavy (non-hydrogen) atoms. The van der Waals surface area contributed by atoms with Gasteiger partial charge in [0.1, 0.15) is 0 Å². The Balaban J connectivity index is 1.98. The van der Waals surface area contributed by atoms with Crippen LogP contribution in [0.4, 0.5) is 0 Å². The quantitative estimate of drug-likeness (QED) is 0.859. The van der Waals surface area contributed by atoms with Gasteiger partial charge in [0.05, 0.1) is 5.92 Å². The molecule has 2 nitrogen and oxygen atoms in total. The first-order chi connectivity index (χ1) is 10.1. The zero-order valence-corrected chi connectivity index (χ0v) is 13.2. The van der Waals surface area contributed by atoms with Crippen LogP contribution in [0.15, 0.2) is 48.5 Å². The predicted octanol–water partition coefficient (Wildman–Crippen LogP) is 4.41. The van der Waals surface area contributed by atoms with Gasteiger partial charge >= 0.3 is 5.97 Å². The summed E-state index contributed by atoms with van der Waals surface area (Å²) >= 11 is 1.67. The summed E-state index contributed by atoms with van der Waals surface area (Å²) in [5.74, 6) is 0.238. The maximum absolute atomic E-state index is 11.4. The van der Waals surface area contributed by atoms with Crippen LogP contribution in [0.1, 0.15) is 28.2 Å². The van der Waals surface area contributed by atoms with Crippen molar-refractivity contribution in [1.29, 1.82) is 0 Å². The second-order valence-corrected chi connectivity index (χ2v) is 6.34. The summed E-state index contributed by atoms with van der Waals surface area (Å²) in [5, 5.41) is 9.40. The van der Waals surface area contributed by atoms with Crippen molar-refractivity contribution in [1.82, 2.24) is 0 Å². The number of hydrogen-bond acceptors (Lipinski definition) is 2. The lowest BCUT2D eigenvalue weighted by Gasteiger charge is -2.12. The molecule has 0 bridgehead atoms. The van der Waals surface area contributed by atoms with E-state index in [9.17, 15) is 9.90 Å². The van der Waals surface area contributed by atoms with E-state index in [1.54, 1.807) is 11.8 Å². The SMILES string of the molecule is Cc1cc(C)cc(CSCC(C(=O)O)c2ccccc2)c1. The van der Waals surface area contributed by atoms with E-state index in [1.165, 1.54) is 16.7 Å². The topological polar surface area (TPSA) is 37.3 Å². The third-order valence-electron chi connectivity index (χ3n) is 3.33. The van der Waals surface area contributed by atoms with Gasteiger partial charge in [-0.25, -0.2) is 0 Å². The van der Waals surface area contributed by atoms with Crippen LogP contribution in [0.5, 0.6) is 0 Å². The van der Waals surface area contributed by atoms with Gasteiger partial charge < -0.3 is 5.11 Å². The van der Waals surface area contributed by atoms with E-state index in [4.69, 9.17) is 0 Å². The van der Waals surface area contributed by atoms with E-state index in [1.807, 2.05) is 30.3 Å². The number of hydrogen-bond donors (Lipinski definition) is 1. The zero-order chi connectivity index (χ0) is 15.2. The maximum Gasteiger partial charge on any atom is 0.311 e. The molecule has 1 N–H and O–H groups in total. The molecule has 3 heteroatoms. The first-order valence-corrected chi connectivity index (χ1v) is 8.14. The van der Waals surface area contributed by atoms with Gasteiger partial charge in [0.15, 0.2) is 0 Å². The first kappa shape index (κ1) is 15.6. The number of benzene rings is 2. The third-order valence-corrected chi connectivity index (χ3v) is 4.44. The van der Waals surface area contributed by atoms with Crippen molar-refractivity contribution in [3.8, 4) is 0 Å². The molecule has 0 amide bonds. The molecule has 0 fully saturated rings. The van der Waals surface area contributed by atoms with E-state index >= 15 is 0 Å². The lowest BCUT2D eigenvalue weighted by molar-refractivity contribution is -0.138. The molecule has 0 aliphatic rings. The molecule has 2 aromatic carbocycles. The standard InChI is InChI=1S/C18H20O2S/c1-13-8-14(2)10-15(9-13)11-21-12-17(18(19)20)16-6-4-3-5-7-16/h3-10,17H,11-12H2,1-2H3,(H,19,20). The highest BCUT2D eigenvalue weighted by molar-refractivity contribution is 7.98. The lowest BCUT2D eigenvalue weighted by atomic mass is 10.0. The zero-order valence-electron chi connectivity index (χ0n) is 12.4. The number of rotatable bonds is 6. The molecule has 0 aliphatic heterocycles. The molecule has 0 spiro atoms.